The zero-order valence-corrected chi connectivity index (χ0v) is 12.9. The summed E-state index contributed by atoms with van der Waals surface area (Å²) >= 11 is 6.34. The van der Waals surface area contributed by atoms with Crippen LogP contribution in [0.25, 0.3) is 11.3 Å². The molecule has 0 aliphatic rings. The average Bonchev–Trinajstić information content (AvgIpc) is 2.71. The van der Waals surface area contributed by atoms with E-state index in [4.69, 9.17) is 16.3 Å². The number of aromatic nitrogens is 1. The van der Waals surface area contributed by atoms with E-state index in [-0.39, 0.29) is 5.56 Å². The number of carbonyl (C=O) groups is 1. The fourth-order valence-electron chi connectivity index (χ4n) is 2.47. The molecule has 0 unspecified atom stereocenters. The van der Waals surface area contributed by atoms with E-state index in [0.717, 1.165) is 17.7 Å². The molecule has 2 rings (SSSR count). The number of hydrogen-bond acceptors (Lipinski definition) is 2. The first-order chi connectivity index (χ1) is 10.1. The van der Waals surface area contributed by atoms with Gasteiger partial charge in [-0.2, -0.15) is 0 Å². The maximum atomic E-state index is 11.4. The van der Waals surface area contributed by atoms with Gasteiger partial charge in [-0.1, -0.05) is 41.9 Å². The second kappa shape index (κ2) is 6.78. The van der Waals surface area contributed by atoms with Crippen molar-refractivity contribution in [1.29, 1.82) is 0 Å². The molecule has 0 atom stereocenters. The van der Waals surface area contributed by atoms with E-state index in [2.05, 4.69) is 0 Å². The van der Waals surface area contributed by atoms with Crippen LogP contribution in [0.15, 0.2) is 30.3 Å². The largest absolute Gasteiger partial charge is 0.478 e. The van der Waals surface area contributed by atoms with Crippen LogP contribution in [-0.2, 0) is 11.3 Å². The van der Waals surface area contributed by atoms with Crippen molar-refractivity contribution < 1.29 is 14.6 Å². The van der Waals surface area contributed by atoms with E-state index in [1.54, 1.807) is 14.0 Å². The first kappa shape index (κ1) is 15.6. The molecule has 4 nitrogen and oxygen atoms in total. The molecular formula is C16H18ClNO3. The molecule has 1 aromatic carbocycles. The number of rotatable bonds is 6. The number of benzene rings is 1. The molecule has 0 spiro atoms. The number of nitrogens with zero attached hydrogens (tertiary/aromatic N) is 1. The zero-order valence-electron chi connectivity index (χ0n) is 12.1. The first-order valence-corrected chi connectivity index (χ1v) is 7.12. The van der Waals surface area contributed by atoms with Crippen molar-refractivity contribution in [1.82, 2.24) is 4.57 Å². The van der Waals surface area contributed by atoms with Crippen LogP contribution in [-0.4, -0.2) is 29.4 Å². The number of methoxy groups -OCH3 is 1. The maximum absolute atomic E-state index is 11.4. The van der Waals surface area contributed by atoms with E-state index < -0.39 is 5.97 Å². The summed E-state index contributed by atoms with van der Waals surface area (Å²) in [5, 5.41) is 9.68. The topological polar surface area (TPSA) is 51.5 Å². The predicted octanol–water partition coefficient (Wildman–Crippen LogP) is 3.85. The highest BCUT2D eigenvalue weighted by Gasteiger charge is 2.24. The molecule has 0 amide bonds. The van der Waals surface area contributed by atoms with Crippen molar-refractivity contribution in [2.45, 2.75) is 19.9 Å². The summed E-state index contributed by atoms with van der Waals surface area (Å²) < 4.78 is 7.03. The fraction of sp³-hybridized carbons (Fsp3) is 0.312. The minimum absolute atomic E-state index is 0.174. The van der Waals surface area contributed by atoms with Gasteiger partial charge in [0.25, 0.3) is 0 Å². The Morgan fingerprint density at radius 3 is 2.57 bits per heavy atom. The Labute approximate surface area is 128 Å². The van der Waals surface area contributed by atoms with Gasteiger partial charge in [0.15, 0.2) is 0 Å². The van der Waals surface area contributed by atoms with Gasteiger partial charge in [0.2, 0.25) is 0 Å². The number of ether oxygens (including phenoxy) is 1. The number of halogens is 1. The lowest BCUT2D eigenvalue weighted by Crippen LogP contribution is -2.06. The lowest BCUT2D eigenvalue weighted by molar-refractivity contribution is 0.0696. The first-order valence-electron chi connectivity index (χ1n) is 6.74. The Kier molecular flexibility index (Phi) is 5.04. The molecule has 2 aromatic rings. The maximum Gasteiger partial charge on any atom is 0.339 e. The van der Waals surface area contributed by atoms with E-state index in [9.17, 15) is 9.90 Å². The van der Waals surface area contributed by atoms with Crippen LogP contribution in [0.1, 0.15) is 22.5 Å². The van der Waals surface area contributed by atoms with Crippen LogP contribution in [0.3, 0.4) is 0 Å². The summed E-state index contributed by atoms with van der Waals surface area (Å²) in [6.07, 6.45) is 0.793. The van der Waals surface area contributed by atoms with Crippen molar-refractivity contribution in [2.24, 2.45) is 0 Å². The molecule has 0 saturated heterocycles. The molecule has 0 fully saturated rings. The molecule has 0 radical (unpaired) electrons. The van der Waals surface area contributed by atoms with E-state index >= 15 is 0 Å². The second-order valence-electron chi connectivity index (χ2n) is 4.79. The Morgan fingerprint density at radius 1 is 1.33 bits per heavy atom. The number of carboxylic acid groups (broad SMARTS) is 1. The molecule has 1 N–H and O–H groups in total. The zero-order chi connectivity index (χ0) is 15.4. The summed E-state index contributed by atoms with van der Waals surface area (Å²) in [5.74, 6) is -1.000. The Balaban J connectivity index is 2.55. The lowest BCUT2D eigenvalue weighted by atomic mass is 10.1. The average molecular weight is 308 g/mol. The van der Waals surface area contributed by atoms with Crippen LogP contribution in [0.5, 0.6) is 0 Å². The van der Waals surface area contributed by atoms with Crippen molar-refractivity contribution >= 4 is 17.6 Å². The Hall–Kier alpha value is -1.78. The highest BCUT2D eigenvalue weighted by Crippen LogP contribution is 2.35. The molecule has 112 valence electrons. The third kappa shape index (κ3) is 3.12. The second-order valence-corrected chi connectivity index (χ2v) is 5.17. The summed E-state index contributed by atoms with van der Waals surface area (Å²) in [6, 6.07) is 9.60. The number of aromatic carboxylic acids is 1. The Morgan fingerprint density at radius 2 is 2.00 bits per heavy atom. The minimum Gasteiger partial charge on any atom is -0.478 e. The molecule has 21 heavy (non-hydrogen) atoms. The number of hydrogen-bond donors (Lipinski definition) is 1. The summed E-state index contributed by atoms with van der Waals surface area (Å²) in [6.45, 7) is 3.07. The van der Waals surface area contributed by atoms with Crippen LogP contribution in [0, 0.1) is 6.92 Å². The highest BCUT2D eigenvalue weighted by molar-refractivity contribution is 6.36. The van der Waals surface area contributed by atoms with Crippen molar-refractivity contribution in [3.63, 3.8) is 0 Å². The molecule has 0 aliphatic heterocycles. The molecule has 1 heterocycles. The van der Waals surface area contributed by atoms with Crippen LogP contribution >= 0.6 is 11.6 Å². The van der Waals surface area contributed by atoms with Crippen molar-refractivity contribution in [3.05, 3.63) is 46.6 Å². The van der Waals surface area contributed by atoms with Gasteiger partial charge in [0, 0.05) is 26.0 Å². The lowest BCUT2D eigenvalue weighted by Gasteiger charge is -2.12. The fourth-order valence-corrected chi connectivity index (χ4v) is 2.90. The SMILES string of the molecule is COCCCn1c(C)c(C(=O)O)c(Cl)c1-c1ccccc1. The summed E-state index contributed by atoms with van der Waals surface area (Å²) in [7, 11) is 1.65. The van der Waals surface area contributed by atoms with Crippen molar-refractivity contribution in [2.75, 3.05) is 13.7 Å². The standard InChI is InChI=1S/C16H18ClNO3/c1-11-13(16(19)20)14(17)15(12-7-4-3-5-8-12)18(11)9-6-10-21-2/h3-5,7-8H,6,9-10H2,1-2H3,(H,19,20). The Bertz CT molecular complexity index is 635. The summed E-state index contributed by atoms with van der Waals surface area (Å²) in [4.78, 5) is 11.4. The van der Waals surface area contributed by atoms with E-state index in [0.29, 0.717) is 23.9 Å². The quantitative estimate of drug-likeness (QED) is 0.825. The van der Waals surface area contributed by atoms with E-state index in [1.165, 1.54) is 0 Å². The van der Waals surface area contributed by atoms with Gasteiger partial charge in [-0.3, -0.25) is 0 Å². The normalized spacial score (nSPS) is 10.8. The molecule has 1 aromatic heterocycles. The van der Waals surface area contributed by atoms with Crippen LogP contribution in [0.2, 0.25) is 5.02 Å². The monoisotopic (exact) mass is 307 g/mol. The molecule has 0 saturated carbocycles. The van der Waals surface area contributed by atoms with Crippen LogP contribution in [0.4, 0.5) is 0 Å². The van der Waals surface area contributed by atoms with Gasteiger partial charge in [-0.15, -0.1) is 0 Å². The third-order valence-electron chi connectivity index (χ3n) is 3.46. The number of carboxylic acids is 1. The van der Waals surface area contributed by atoms with Crippen LogP contribution < -0.4 is 0 Å². The smallest absolute Gasteiger partial charge is 0.339 e. The van der Waals surface area contributed by atoms with Crippen molar-refractivity contribution in [3.8, 4) is 11.3 Å². The van der Waals surface area contributed by atoms with E-state index in [1.807, 2.05) is 34.9 Å². The predicted molar refractivity (Wildman–Crippen MR) is 83.1 cm³/mol. The molecule has 0 aliphatic carbocycles. The summed E-state index contributed by atoms with van der Waals surface area (Å²) in [5.41, 5.74) is 2.51. The van der Waals surface area contributed by atoms with Gasteiger partial charge in [0.1, 0.15) is 0 Å². The van der Waals surface area contributed by atoms with Gasteiger partial charge in [-0.05, 0) is 18.9 Å². The molecular weight excluding hydrogens is 290 g/mol. The van der Waals surface area contributed by atoms with Gasteiger partial charge < -0.3 is 14.4 Å². The highest BCUT2D eigenvalue weighted by atomic mass is 35.5. The minimum atomic E-state index is -1.000. The third-order valence-corrected chi connectivity index (χ3v) is 3.82. The van der Waals surface area contributed by atoms with Gasteiger partial charge in [0.05, 0.1) is 16.3 Å². The van der Waals surface area contributed by atoms with Gasteiger partial charge in [-0.25, -0.2) is 4.79 Å². The van der Waals surface area contributed by atoms with Gasteiger partial charge >= 0.3 is 5.97 Å². The molecule has 5 heteroatoms. The molecule has 0 bridgehead atoms.